The summed E-state index contributed by atoms with van der Waals surface area (Å²) in [5, 5.41) is 11.4. The van der Waals surface area contributed by atoms with Gasteiger partial charge in [0.1, 0.15) is 17.2 Å². The van der Waals surface area contributed by atoms with Crippen LogP contribution in [-0.2, 0) is 4.79 Å². The van der Waals surface area contributed by atoms with E-state index in [1.165, 1.54) is 0 Å². The second-order valence-electron chi connectivity index (χ2n) is 7.41. The van der Waals surface area contributed by atoms with Crippen LogP contribution in [0, 0.1) is 0 Å². The number of aromatic nitrogens is 2. The Morgan fingerprint density at radius 2 is 1.71 bits per heavy atom. The van der Waals surface area contributed by atoms with E-state index < -0.39 is 12.1 Å². The van der Waals surface area contributed by atoms with Gasteiger partial charge in [0.2, 0.25) is 0 Å². The summed E-state index contributed by atoms with van der Waals surface area (Å²) in [6.45, 7) is 3.14. The van der Waals surface area contributed by atoms with E-state index in [-0.39, 0.29) is 0 Å². The normalized spacial score (nSPS) is 11.1. The molecule has 5 nitrogen and oxygen atoms in total. The molecule has 0 amide bonds. The molecule has 2 N–H and O–H groups in total. The smallest absolute Gasteiger partial charge is 0.475 e. The molecule has 0 radical (unpaired) electrons. The van der Waals surface area contributed by atoms with Crippen molar-refractivity contribution in [2.45, 2.75) is 25.9 Å². The molecule has 0 saturated heterocycles. The number of pyridine rings is 1. The lowest BCUT2D eigenvalue weighted by Crippen LogP contribution is -2.21. The Bertz CT molecular complexity index is 1250. The number of hydrogen-bond donors (Lipinski definition) is 2. The number of aliphatic carboxylic acids is 1. The Hall–Kier alpha value is -3.52. The number of anilines is 1. The second-order valence-corrected chi connectivity index (χ2v) is 7.85. The van der Waals surface area contributed by atoms with Crippen molar-refractivity contribution < 1.29 is 23.1 Å². The summed E-state index contributed by atoms with van der Waals surface area (Å²) in [7, 11) is 0. The second kappa shape index (κ2) is 11.1. The highest BCUT2D eigenvalue weighted by Crippen LogP contribution is 2.31. The van der Waals surface area contributed by atoms with Gasteiger partial charge in [-0.1, -0.05) is 67.4 Å². The van der Waals surface area contributed by atoms with Crippen molar-refractivity contribution >= 4 is 29.0 Å². The molecule has 4 aromatic rings. The molecule has 0 fully saturated rings. The Balaban J connectivity index is 0.000000406. The SMILES string of the molecule is CCCCNc1c(-c2ccc(-c3cccc(Cl)c3)cc2)nc2ccccn12.O=C(O)C(F)(F)F. The first-order valence-electron chi connectivity index (χ1n) is 10.6. The summed E-state index contributed by atoms with van der Waals surface area (Å²) in [5.41, 5.74) is 5.29. The monoisotopic (exact) mass is 489 g/mol. The molecule has 0 spiro atoms. The van der Waals surface area contributed by atoms with E-state index in [1.54, 1.807) is 0 Å². The van der Waals surface area contributed by atoms with Gasteiger partial charge in [0.15, 0.2) is 0 Å². The zero-order chi connectivity index (χ0) is 24.7. The van der Waals surface area contributed by atoms with Crippen molar-refractivity contribution in [2.75, 3.05) is 11.9 Å². The molecule has 34 heavy (non-hydrogen) atoms. The van der Waals surface area contributed by atoms with E-state index in [4.69, 9.17) is 26.5 Å². The number of unbranched alkanes of at least 4 members (excludes halogenated alkanes) is 1. The highest BCUT2D eigenvalue weighted by molar-refractivity contribution is 6.30. The van der Waals surface area contributed by atoms with Gasteiger partial charge in [-0.2, -0.15) is 13.2 Å². The third-order valence-electron chi connectivity index (χ3n) is 4.91. The van der Waals surface area contributed by atoms with Crippen LogP contribution in [0.3, 0.4) is 0 Å². The topological polar surface area (TPSA) is 66.6 Å². The molecule has 2 aromatic carbocycles. The molecule has 0 aliphatic carbocycles. The standard InChI is InChI=1S/C23H22ClN3.C2HF3O2/c1-2-3-14-25-23-22(26-21-9-4-5-15-27(21)23)18-12-10-17(11-13-18)19-7-6-8-20(24)16-19;3-2(4,5)1(6)7/h4-13,15-16,25H,2-3,14H2,1H3;(H,6,7). The number of rotatable bonds is 6. The Morgan fingerprint density at radius 1 is 1.03 bits per heavy atom. The first-order valence-corrected chi connectivity index (χ1v) is 11.0. The largest absolute Gasteiger partial charge is 0.490 e. The van der Waals surface area contributed by atoms with Crippen LogP contribution < -0.4 is 5.32 Å². The van der Waals surface area contributed by atoms with Gasteiger partial charge in [-0.05, 0) is 41.8 Å². The van der Waals surface area contributed by atoms with Gasteiger partial charge in [0.25, 0.3) is 0 Å². The first kappa shape index (κ1) is 25.1. The molecule has 0 unspecified atom stereocenters. The Morgan fingerprint density at radius 3 is 2.32 bits per heavy atom. The van der Waals surface area contributed by atoms with Gasteiger partial charge in [-0.15, -0.1) is 0 Å². The van der Waals surface area contributed by atoms with E-state index >= 15 is 0 Å². The van der Waals surface area contributed by atoms with E-state index in [9.17, 15) is 13.2 Å². The van der Waals surface area contributed by atoms with Gasteiger partial charge in [0.05, 0.1) is 0 Å². The zero-order valence-corrected chi connectivity index (χ0v) is 19.1. The minimum absolute atomic E-state index is 0.749. The molecule has 0 aliphatic rings. The number of imidazole rings is 1. The summed E-state index contributed by atoms with van der Waals surface area (Å²) in [5.74, 6) is -1.71. The minimum Gasteiger partial charge on any atom is -0.475 e. The zero-order valence-electron chi connectivity index (χ0n) is 18.3. The number of carboxylic acids is 1. The molecular weight excluding hydrogens is 467 g/mol. The summed E-state index contributed by atoms with van der Waals surface area (Å²) >= 11 is 6.13. The van der Waals surface area contributed by atoms with Crippen LogP contribution in [0.25, 0.3) is 28.0 Å². The first-order chi connectivity index (χ1) is 16.2. The average Bonchev–Trinajstić information content (AvgIpc) is 3.18. The van der Waals surface area contributed by atoms with Crippen molar-refractivity contribution in [3.63, 3.8) is 0 Å². The van der Waals surface area contributed by atoms with Crippen LogP contribution >= 0.6 is 11.6 Å². The molecule has 0 saturated carbocycles. The van der Waals surface area contributed by atoms with Gasteiger partial charge in [-0.3, -0.25) is 4.40 Å². The Labute approximate surface area is 199 Å². The summed E-state index contributed by atoms with van der Waals surface area (Å²) in [6.07, 6.45) is -0.735. The van der Waals surface area contributed by atoms with Crippen LogP contribution in [0.4, 0.5) is 19.0 Å². The predicted molar refractivity (Wildman–Crippen MR) is 128 cm³/mol. The van der Waals surface area contributed by atoms with Crippen molar-refractivity contribution in [2.24, 2.45) is 0 Å². The number of hydrogen-bond acceptors (Lipinski definition) is 3. The van der Waals surface area contributed by atoms with Crippen LogP contribution in [0.2, 0.25) is 5.02 Å². The number of nitrogens with zero attached hydrogens (tertiary/aromatic N) is 2. The molecule has 0 aliphatic heterocycles. The van der Waals surface area contributed by atoms with Gasteiger partial charge in [0, 0.05) is 23.3 Å². The fraction of sp³-hybridized carbons (Fsp3) is 0.200. The predicted octanol–water partition coefficient (Wildman–Crippen LogP) is 7.17. The number of halogens is 4. The van der Waals surface area contributed by atoms with Gasteiger partial charge in [-0.25, -0.2) is 9.78 Å². The molecule has 178 valence electrons. The van der Waals surface area contributed by atoms with Gasteiger partial charge < -0.3 is 10.4 Å². The van der Waals surface area contributed by atoms with Crippen LogP contribution in [0.15, 0.2) is 72.9 Å². The molecule has 2 heterocycles. The average molecular weight is 490 g/mol. The summed E-state index contributed by atoms with van der Waals surface area (Å²) in [6, 6.07) is 22.5. The van der Waals surface area contributed by atoms with Crippen molar-refractivity contribution in [1.82, 2.24) is 9.38 Å². The molecular formula is C25H23ClF3N3O2. The lowest BCUT2D eigenvalue weighted by molar-refractivity contribution is -0.192. The third-order valence-corrected chi connectivity index (χ3v) is 5.15. The third kappa shape index (κ3) is 6.29. The number of carboxylic acid groups (broad SMARTS) is 1. The van der Waals surface area contributed by atoms with E-state index in [0.29, 0.717) is 0 Å². The Kier molecular flexibility index (Phi) is 8.17. The quantitative estimate of drug-likeness (QED) is 0.282. The number of carbonyl (C=O) groups is 1. The molecule has 0 bridgehead atoms. The molecule has 2 aromatic heterocycles. The number of benzene rings is 2. The van der Waals surface area contributed by atoms with E-state index in [1.807, 2.05) is 36.4 Å². The number of alkyl halides is 3. The lowest BCUT2D eigenvalue weighted by Gasteiger charge is -2.09. The van der Waals surface area contributed by atoms with Crippen LogP contribution in [-0.4, -0.2) is 33.2 Å². The van der Waals surface area contributed by atoms with Crippen molar-refractivity contribution in [3.8, 4) is 22.4 Å². The molecule has 0 atom stereocenters. The van der Waals surface area contributed by atoms with Crippen LogP contribution in [0.5, 0.6) is 0 Å². The molecule has 9 heteroatoms. The highest BCUT2D eigenvalue weighted by atomic mass is 35.5. The summed E-state index contributed by atoms with van der Waals surface area (Å²) in [4.78, 5) is 13.8. The maximum absolute atomic E-state index is 10.6. The van der Waals surface area contributed by atoms with Crippen molar-refractivity contribution in [3.05, 3.63) is 77.9 Å². The highest BCUT2D eigenvalue weighted by Gasteiger charge is 2.38. The van der Waals surface area contributed by atoms with Crippen LogP contribution in [0.1, 0.15) is 19.8 Å². The van der Waals surface area contributed by atoms with Gasteiger partial charge >= 0.3 is 12.1 Å². The fourth-order valence-electron chi connectivity index (χ4n) is 3.24. The minimum atomic E-state index is -5.08. The summed E-state index contributed by atoms with van der Waals surface area (Å²) < 4.78 is 33.9. The lowest BCUT2D eigenvalue weighted by atomic mass is 10.0. The fourth-order valence-corrected chi connectivity index (χ4v) is 3.43. The van der Waals surface area contributed by atoms with E-state index in [0.717, 1.165) is 58.3 Å². The van der Waals surface area contributed by atoms with E-state index in [2.05, 4.69) is 53.2 Å². The maximum atomic E-state index is 10.6. The maximum Gasteiger partial charge on any atom is 0.490 e. The van der Waals surface area contributed by atoms with Crippen molar-refractivity contribution in [1.29, 1.82) is 0 Å². The number of nitrogens with one attached hydrogen (secondary N) is 1. The number of fused-ring (bicyclic) bond motifs is 1. The molecule has 4 rings (SSSR count).